The molecule has 0 spiro atoms. The molecule has 6 heteroatoms. The molecule has 2 N–H and O–H groups in total. The summed E-state index contributed by atoms with van der Waals surface area (Å²) >= 11 is 0. The van der Waals surface area contributed by atoms with Gasteiger partial charge in [0.25, 0.3) is 11.6 Å². The van der Waals surface area contributed by atoms with E-state index in [1.165, 1.54) is 18.2 Å². The van der Waals surface area contributed by atoms with E-state index in [1.54, 1.807) is 13.8 Å². The van der Waals surface area contributed by atoms with Crippen LogP contribution in [0.5, 0.6) is 0 Å². The lowest BCUT2D eigenvalue weighted by Gasteiger charge is -2.21. The van der Waals surface area contributed by atoms with Crippen LogP contribution in [-0.2, 0) is 6.42 Å². The van der Waals surface area contributed by atoms with Crippen LogP contribution < -0.4 is 5.32 Å². The van der Waals surface area contributed by atoms with Gasteiger partial charge in [-0.1, -0.05) is 30.3 Å². The third-order valence-corrected chi connectivity index (χ3v) is 3.89. The number of rotatable bonds is 6. The second-order valence-electron chi connectivity index (χ2n) is 5.78. The van der Waals surface area contributed by atoms with E-state index in [0.29, 0.717) is 17.5 Å². The Morgan fingerprint density at radius 1 is 1.25 bits per heavy atom. The van der Waals surface area contributed by atoms with Crippen LogP contribution >= 0.6 is 0 Å². The van der Waals surface area contributed by atoms with Gasteiger partial charge in [-0.2, -0.15) is 0 Å². The fourth-order valence-corrected chi connectivity index (χ4v) is 2.43. The maximum Gasteiger partial charge on any atom is 0.269 e. The molecule has 0 aliphatic rings. The first-order chi connectivity index (χ1) is 11.4. The fourth-order valence-electron chi connectivity index (χ4n) is 2.43. The molecule has 0 heterocycles. The van der Waals surface area contributed by atoms with Gasteiger partial charge in [0, 0.05) is 24.1 Å². The lowest BCUT2D eigenvalue weighted by atomic mass is 10.0. The summed E-state index contributed by atoms with van der Waals surface area (Å²) in [7, 11) is 0. The Kier molecular flexibility index (Phi) is 5.65. The van der Waals surface area contributed by atoms with Crippen molar-refractivity contribution < 1.29 is 14.8 Å². The average Bonchev–Trinajstić information content (AvgIpc) is 2.55. The number of aliphatic hydroxyl groups excluding tert-OH is 1. The number of amides is 1. The number of hydrogen-bond donors (Lipinski definition) is 2. The lowest BCUT2D eigenvalue weighted by Crippen LogP contribution is -2.42. The summed E-state index contributed by atoms with van der Waals surface area (Å²) in [5.74, 6) is -0.359. The van der Waals surface area contributed by atoms with Gasteiger partial charge in [0.15, 0.2) is 0 Å². The highest BCUT2D eigenvalue weighted by Crippen LogP contribution is 2.17. The van der Waals surface area contributed by atoms with E-state index in [2.05, 4.69) is 5.32 Å². The van der Waals surface area contributed by atoms with E-state index < -0.39 is 17.1 Å². The van der Waals surface area contributed by atoms with Gasteiger partial charge in [-0.15, -0.1) is 0 Å². The van der Waals surface area contributed by atoms with Crippen LogP contribution in [-0.4, -0.2) is 28.1 Å². The summed E-state index contributed by atoms with van der Waals surface area (Å²) in [6, 6.07) is 13.2. The number of aliphatic hydroxyl groups is 1. The van der Waals surface area contributed by atoms with Crippen LogP contribution in [0.3, 0.4) is 0 Å². The molecule has 0 saturated heterocycles. The molecule has 2 aromatic carbocycles. The first-order valence-corrected chi connectivity index (χ1v) is 7.66. The molecule has 24 heavy (non-hydrogen) atoms. The smallest absolute Gasteiger partial charge is 0.269 e. The van der Waals surface area contributed by atoms with Gasteiger partial charge in [-0.05, 0) is 31.0 Å². The summed E-state index contributed by atoms with van der Waals surface area (Å²) < 4.78 is 0. The zero-order valence-electron chi connectivity index (χ0n) is 13.6. The molecule has 0 fully saturated rings. The lowest BCUT2D eigenvalue weighted by molar-refractivity contribution is -0.384. The molecule has 0 aromatic heterocycles. The molecule has 126 valence electrons. The molecule has 6 nitrogen and oxygen atoms in total. The van der Waals surface area contributed by atoms with Crippen LogP contribution in [0, 0.1) is 17.0 Å². The predicted molar refractivity (Wildman–Crippen MR) is 90.9 cm³/mol. The van der Waals surface area contributed by atoms with Crippen molar-refractivity contribution in [3.8, 4) is 0 Å². The highest BCUT2D eigenvalue weighted by molar-refractivity contribution is 5.96. The van der Waals surface area contributed by atoms with Gasteiger partial charge in [0.05, 0.1) is 17.1 Å². The number of aryl methyl sites for hydroxylation is 1. The van der Waals surface area contributed by atoms with E-state index in [1.807, 2.05) is 30.3 Å². The van der Waals surface area contributed by atoms with Gasteiger partial charge in [-0.3, -0.25) is 14.9 Å². The highest BCUT2D eigenvalue weighted by atomic mass is 16.6. The molecule has 2 atom stereocenters. The molecule has 0 aliphatic carbocycles. The Morgan fingerprint density at radius 3 is 2.50 bits per heavy atom. The van der Waals surface area contributed by atoms with Gasteiger partial charge in [0.1, 0.15) is 0 Å². The molecular weight excluding hydrogens is 308 g/mol. The minimum atomic E-state index is -0.727. The first kappa shape index (κ1) is 17.6. The predicted octanol–water partition coefficient (Wildman–Crippen LogP) is 2.63. The molecule has 2 aromatic rings. The van der Waals surface area contributed by atoms with Crippen molar-refractivity contribution in [1.29, 1.82) is 0 Å². The Hall–Kier alpha value is -2.73. The highest BCUT2D eigenvalue weighted by Gasteiger charge is 2.20. The number of carbonyl (C=O) groups excluding carboxylic acids is 1. The van der Waals surface area contributed by atoms with E-state index >= 15 is 0 Å². The van der Waals surface area contributed by atoms with Crippen LogP contribution in [0.25, 0.3) is 0 Å². The van der Waals surface area contributed by atoms with Crippen molar-refractivity contribution in [2.75, 3.05) is 0 Å². The minimum Gasteiger partial charge on any atom is -0.391 e. The van der Waals surface area contributed by atoms with E-state index in [-0.39, 0.29) is 11.6 Å². The van der Waals surface area contributed by atoms with E-state index in [4.69, 9.17) is 0 Å². The maximum absolute atomic E-state index is 12.3. The molecule has 0 aliphatic heterocycles. The van der Waals surface area contributed by atoms with Crippen molar-refractivity contribution in [2.24, 2.45) is 0 Å². The van der Waals surface area contributed by atoms with Gasteiger partial charge >= 0.3 is 0 Å². The minimum absolute atomic E-state index is 0.0544. The number of hydrogen-bond acceptors (Lipinski definition) is 4. The summed E-state index contributed by atoms with van der Waals surface area (Å²) in [5, 5.41) is 23.7. The number of nitro groups is 1. The quantitative estimate of drug-likeness (QED) is 0.630. The van der Waals surface area contributed by atoms with Crippen LogP contribution in [0.15, 0.2) is 48.5 Å². The Morgan fingerprint density at radius 2 is 1.92 bits per heavy atom. The van der Waals surface area contributed by atoms with Crippen molar-refractivity contribution in [1.82, 2.24) is 5.32 Å². The zero-order valence-corrected chi connectivity index (χ0v) is 13.6. The number of nitrogens with zero attached hydrogens (tertiary/aromatic N) is 1. The van der Waals surface area contributed by atoms with E-state index in [9.17, 15) is 20.0 Å². The number of non-ortho nitro benzene ring substituents is 1. The molecule has 2 unspecified atom stereocenters. The number of carbonyl (C=O) groups is 1. The molecular formula is C18H20N2O4. The van der Waals surface area contributed by atoms with Gasteiger partial charge < -0.3 is 10.4 Å². The van der Waals surface area contributed by atoms with Crippen molar-refractivity contribution >= 4 is 11.6 Å². The van der Waals surface area contributed by atoms with Crippen LogP contribution in [0.2, 0.25) is 0 Å². The SMILES string of the molecule is Cc1cc([N+](=O)[O-])ccc1C(=O)NC(C)C(O)Cc1ccccc1. The second kappa shape index (κ2) is 7.70. The van der Waals surface area contributed by atoms with Gasteiger partial charge in [-0.25, -0.2) is 0 Å². The molecule has 0 radical (unpaired) electrons. The van der Waals surface area contributed by atoms with Crippen LogP contribution in [0.1, 0.15) is 28.4 Å². The van der Waals surface area contributed by atoms with Gasteiger partial charge in [0.2, 0.25) is 0 Å². The van der Waals surface area contributed by atoms with Crippen LogP contribution in [0.4, 0.5) is 5.69 Å². The monoisotopic (exact) mass is 328 g/mol. The molecule has 1 amide bonds. The Labute approximate surface area is 140 Å². The Bertz CT molecular complexity index is 731. The zero-order chi connectivity index (χ0) is 17.7. The van der Waals surface area contributed by atoms with E-state index in [0.717, 1.165) is 5.56 Å². The standard InChI is InChI=1S/C18H20N2O4/c1-12-10-15(20(23)24)8-9-16(12)18(22)19-13(2)17(21)11-14-6-4-3-5-7-14/h3-10,13,17,21H,11H2,1-2H3,(H,19,22). The Balaban J connectivity index is 2.02. The normalized spacial score (nSPS) is 13.1. The molecule has 0 bridgehead atoms. The average molecular weight is 328 g/mol. The summed E-state index contributed by atoms with van der Waals surface area (Å²) in [4.78, 5) is 22.6. The van der Waals surface area contributed by atoms with Crippen molar-refractivity contribution in [2.45, 2.75) is 32.4 Å². The summed E-state index contributed by atoms with van der Waals surface area (Å²) in [5.41, 5.74) is 1.81. The molecule has 0 saturated carbocycles. The number of benzene rings is 2. The number of nitrogens with one attached hydrogen (secondary N) is 1. The number of nitro benzene ring substituents is 1. The summed E-state index contributed by atoms with van der Waals surface area (Å²) in [6.07, 6.45) is -0.295. The third-order valence-electron chi connectivity index (χ3n) is 3.89. The summed E-state index contributed by atoms with van der Waals surface area (Å²) in [6.45, 7) is 3.37. The molecule has 2 rings (SSSR count). The third kappa shape index (κ3) is 4.39. The first-order valence-electron chi connectivity index (χ1n) is 7.66. The largest absolute Gasteiger partial charge is 0.391 e. The fraction of sp³-hybridized carbons (Fsp3) is 0.278. The topological polar surface area (TPSA) is 92.5 Å². The second-order valence-corrected chi connectivity index (χ2v) is 5.78. The van der Waals surface area contributed by atoms with Crippen molar-refractivity contribution in [3.63, 3.8) is 0 Å². The maximum atomic E-state index is 12.3. The van der Waals surface area contributed by atoms with Crippen molar-refractivity contribution in [3.05, 3.63) is 75.3 Å².